The topological polar surface area (TPSA) is 17.8 Å². The lowest BCUT2D eigenvalue weighted by molar-refractivity contribution is 0.533. The van der Waals surface area contributed by atoms with Gasteiger partial charge in [-0.25, -0.2) is 8.78 Å². The Kier molecular flexibility index (Phi) is 4.01. The molecule has 21 heavy (non-hydrogen) atoms. The Bertz CT molecular complexity index is 746. The number of rotatable bonds is 3. The third-order valence-corrected chi connectivity index (χ3v) is 3.91. The fraction of sp³-hybridized carbons (Fsp3) is 0.0625. The molecule has 0 bridgehead atoms. The summed E-state index contributed by atoms with van der Waals surface area (Å²) < 4.78 is 29.9. The average molecular weight is 396 g/mol. The molecule has 0 amide bonds. The Labute approximate surface area is 134 Å². The Morgan fingerprint density at radius 1 is 0.952 bits per heavy atom. The quantitative estimate of drug-likeness (QED) is 0.597. The zero-order chi connectivity index (χ0) is 14.8. The predicted molar refractivity (Wildman–Crippen MR) is 85.8 cm³/mol. The minimum absolute atomic E-state index is 0.0229. The Hall–Kier alpha value is -1.76. The second kappa shape index (κ2) is 5.93. The molecule has 1 aromatic heterocycles. The van der Waals surface area contributed by atoms with Gasteiger partial charge in [0.1, 0.15) is 11.6 Å². The van der Waals surface area contributed by atoms with Crippen LogP contribution in [0.3, 0.4) is 0 Å². The molecule has 0 aliphatic carbocycles. The molecule has 0 spiro atoms. The van der Waals surface area contributed by atoms with Crippen LogP contribution in [0.1, 0.15) is 5.56 Å². The maximum atomic E-state index is 13.6. The molecular weight excluding hydrogens is 385 g/mol. The van der Waals surface area contributed by atoms with Gasteiger partial charge in [-0.15, -0.1) is 0 Å². The number of hydrogen-bond donors (Lipinski definition) is 0. The highest BCUT2D eigenvalue weighted by Gasteiger charge is 2.10. The van der Waals surface area contributed by atoms with Gasteiger partial charge in [0.2, 0.25) is 0 Å². The van der Waals surface area contributed by atoms with Gasteiger partial charge in [-0.1, -0.05) is 18.2 Å². The molecule has 0 aliphatic rings. The molecule has 5 heteroatoms. The summed E-state index contributed by atoms with van der Waals surface area (Å²) in [5.41, 5.74) is 1.97. The molecule has 0 unspecified atom stereocenters. The van der Waals surface area contributed by atoms with Gasteiger partial charge in [0.25, 0.3) is 0 Å². The van der Waals surface area contributed by atoms with E-state index in [9.17, 15) is 8.78 Å². The lowest BCUT2D eigenvalue weighted by Gasteiger charge is -2.04. The maximum Gasteiger partial charge on any atom is 0.131 e. The van der Waals surface area contributed by atoms with Gasteiger partial charge in [-0.05, 0) is 52.4 Å². The normalized spacial score (nSPS) is 10.8. The first-order valence-electron chi connectivity index (χ1n) is 6.35. The zero-order valence-corrected chi connectivity index (χ0v) is 13.1. The summed E-state index contributed by atoms with van der Waals surface area (Å²) in [5.74, 6) is -1.11. The van der Waals surface area contributed by atoms with Crippen LogP contribution in [0.15, 0.2) is 54.9 Å². The standard InChI is InChI=1S/C16H11F2IN2/c17-15-2-1-3-16(18)14(15)10-21-9-12(8-20-21)11-4-6-13(19)7-5-11/h1-9H,10H2. The molecule has 0 saturated heterocycles. The molecule has 1 heterocycles. The summed E-state index contributed by atoms with van der Waals surface area (Å²) in [6, 6.07) is 11.9. The molecule has 0 fully saturated rings. The summed E-state index contributed by atoms with van der Waals surface area (Å²) in [4.78, 5) is 0. The number of hydrogen-bond acceptors (Lipinski definition) is 1. The minimum atomic E-state index is -0.554. The van der Waals surface area contributed by atoms with Crippen LogP contribution in [0.4, 0.5) is 8.78 Å². The highest BCUT2D eigenvalue weighted by Crippen LogP contribution is 2.21. The minimum Gasteiger partial charge on any atom is -0.267 e. The fourth-order valence-corrected chi connectivity index (χ4v) is 2.45. The van der Waals surface area contributed by atoms with Crippen LogP contribution >= 0.6 is 22.6 Å². The van der Waals surface area contributed by atoms with E-state index in [0.717, 1.165) is 14.7 Å². The van der Waals surface area contributed by atoms with E-state index in [0.29, 0.717) is 0 Å². The van der Waals surface area contributed by atoms with E-state index in [1.54, 1.807) is 12.4 Å². The van der Waals surface area contributed by atoms with Gasteiger partial charge in [0, 0.05) is 20.9 Å². The van der Waals surface area contributed by atoms with E-state index in [1.807, 2.05) is 24.3 Å². The highest BCUT2D eigenvalue weighted by atomic mass is 127. The van der Waals surface area contributed by atoms with Gasteiger partial charge >= 0.3 is 0 Å². The van der Waals surface area contributed by atoms with Gasteiger partial charge in [0.05, 0.1) is 12.7 Å². The number of benzene rings is 2. The largest absolute Gasteiger partial charge is 0.267 e. The predicted octanol–water partition coefficient (Wildman–Crippen LogP) is 4.48. The van der Waals surface area contributed by atoms with Gasteiger partial charge in [-0.2, -0.15) is 5.10 Å². The van der Waals surface area contributed by atoms with Crippen molar-refractivity contribution in [3.8, 4) is 11.1 Å². The monoisotopic (exact) mass is 396 g/mol. The lowest BCUT2D eigenvalue weighted by atomic mass is 10.1. The van der Waals surface area contributed by atoms with Crippen molar-refractivity contribution in [3.05, 3.63) is 75.6 Å². The van der Waals surface area contributed by atoms with E-state index in [2.05, 4.69) is 27.7 Å². The van der Waals surface area contributed by atoms with Crippen molar-refractivity contribution in [1.82, 2.24) is 9.78 Å². The first-order valence-corrected chi connectivity index (χ1v) is 7.42. The van der Waals surface area contributed by atoms with Crippen LogP contribution < -0.4 is 0 Å². The third-order valence-electron chi connectivity index (χ3n) is 3.19. The van der Waals surface area contributed by atoms with Crippen molar-refractivity contribution in [2.75, 3.05) is 0 Å². The van der Waals surface area contributed by atoms with Crippen LogP contribution in [0.2, 0.25) is 0 Å². The van der Waals surface area contributed by atoms with Gasteiger partial charge in [-0.3, -0.25) is 4.68 Å². The SMILES string of the molecule is Fc1cccc(F)c1Cn1cc(-c2ccc(I)cc2)cn1. The van der Waals surface area contributed by atoms with E-state index < -0.39 is 11.6 Å². The van der Waals surface area contributed by atoms with Gasteiger partial charge < -0.3 is 0 Å². The molecule has 0 saturated carbocycles. The van der Waals surface area contributed by atoms with Crippen LogP contribution in [0.5, 0.6) is 0 Å². The first-order chi connectivity index (χ1) is 10.1. The summed E-state index contributed by atoms with van der Waals surface area (Å²) in [7, 11) is 0. The van der Waals surface area contributed by atoms with E-state index >= 15 is 0 Å². The summed E-state index contributed by atoms with van der Waals surface area (Å²) in [5, 5.41) is 4.17. The molecule has 3 rings (SSSR count). The molecule has 0 N–H and O–H groups in total. The molecule has 106 valence electrons. The van der Waals surface area contributed by atoms with Crippen LogP contribution in [0.25, 0.3) is 11.1 Å². The van der Waals surface area contributed by atoms with Gasteiger partial charge in [0.15, 0.2) is 0 Å². The third kappa shape index (κ3) is 3.12. The second-order valence-electron chi connectivity index (χ2n) is 4.63. The molecule has 0 atom stereocenters. The number of halogens is 3. The van der Waals surface area contributed by atoms with E-state index in [4.69, 9.17) is 0 Å². The smallest absolute Gasteiger partial charge is 0.131 e. The van der Waals surface area contributed by atoms with Crippen LogP contribution in [-0.4, -0.2) is 9.78 Å². The first kappa shape index (κ1) is 14.2. The van der Waals surface area contributed by atoms with Crippen LogP contribution in [-0.2, 0) is 6.54 Å². The summed E-state index contributed by atoms with van der Waals surface area (Å²) in [6.45, 7) is 0.0723. The van der Waals surface area contributed by atoms with Crippen molar-refractivity contribution in [1.29, 1.82) is 0 Å². The molecule has 0 aliphatic heterocycles. The van der Waals surface area contributed by atoms with E-state index in [-0.39, 0.29) is 12.1 Å². The number of nitrogens with zero attached hydrogens (tertiary/aromatic N) is 2. The molecule has 2 aromatic carbocycles. The van der Waals surface area contributed by atoms with Crippen molar-refractivity contribution in [2.45, 2.75) is 6.54 Å². The maximum absolute atomic E-state index is 13.6. The van der Waals surface area contributed by atoms with E-state index in [1.165, 1.54) is 22.9 Å². The summed E-state index contributed by atoms with van der Waals surface area (Å²) >= 11 is 2.24. The highest BCUT2D eigenvalue weighted by molar-refractivity contribution is 14.1. The molecule has 3 aromatic rings. The number of aromatic nitrogens is 2. The second-order valence-corrected chi connectivity index (χ2v) is 5.88. The zero-order valence-electron chi connectivity index (χ0n) is 10.9. The Balaban J connectivity index is 1.87. The molecule has 0 radical (unpaired) electrons. The summed E-state index contributed by atoms with van der Waals surface area (Å²) in [6.07, 6.45) is 3.48. The average Bonchev–Trinajstić information content (AvgIpc) is 2.92. The molecule has 2 nitrogen and oxygen atoms in total. The Morgan fingerprint density at radius 2 is 1.62 bits per heavy atom. The van der Waals surface area contributed by atoms with Crippen LogP contribution in [0, 0.1) is 15.2 Å². The van der Waals surface area contributed by atoms with Crippen molar-refractivity contribution in [3.63, 3.8) is 0 Å². The Morgan fingerprint density at radius 3 is 2.29 bits per heavy atom. The lowest BCUT2D eigenvalue weighted by Crippen LogP contribution is -2.04. The van der Waals surface area contributed by atoms with Crippen molar-refractivity contribution in [2.24, 2.45) is 0 Å². The van der Waals surface area contributed by atoms with Crippen molar-refractivity contribution < 1.29 is 8.78 Å². The van der Waals surface area contributed by atoms with Crippen molar-refractivity contribution >= 4 is 22.6 Å². The fourth-order valence-electron chi connectivity index (χ4n) is 2.09. The molecular formula is C16H11F2IN2.